The number of benzene rings is 2. The lowest BCUT2D eigenvalue weighted by atomic mass is 9.80. The predicted octanol–water partition coefficient (Wildman–Crippen LogP) is 6.45. The number of urea groups is 1. The highest BCUT2D eigenvalue weighted by atomic mass is 19.2. The Labute approximate surface area is 222 Å². The van der Waals surface area contributed by atoms with Gasteiger partial charge in [-0.3, -0.25) is 0 Å². The molecule has 1 saturated heterocycles. The molecule has 0 spiro atoms. The molecule has 6 nitrogen and oxygen atoms in total. The van der Waals surface area contributed by atoms with Gasteiger partial charge in [0, 0.05) is 29.9 Å². The molecular weight excluding hydrogens is 486 g/mol. The first kappa shape index (κ1) is 25.0. The third kappa shape index (κ3) is 5.06. The summed E-state index contributed by atoms with van der Waals surface area (Å²) in [6.45, 7) is 3.88. The monoisotopic (exact) mass is 520 g/mol. The Morgan fingerprint density at radius 3 is 2.79 bits per heavy atom. The molecule has 6 rings (SSSR count). The SMILES string of the molecule is O=C(Nc1ccc(F)c(F)c1)N(CCCN1CCCC1)[C@H]1CC[C@@]2(c3cccc(-c4ncco4)c3)CC2C1. The number of rotatable bonds is 8. The number of amides is 2. The summed E-state index contributed by atoms with van der Waals surface area (Å²) in [6.07, 6.45) is 10.6. The summed E-state index contributed by atoms with van der Waals surface area (Å²) in [5.41, 5.74) is 2.74. The van der Waals surface area contributed by atoms with Gasteiger partial charge >= 0.3 is 6.03 Å². The number of anilines is 1. The molecule has 3 atom stereocenters. The molecule has 2 heterocycles. The Balaban J connectivity index is 1.15. The first-order valence-corrected chi connectivity index (χ1v) is 13.8. The van der Waals surface area contributed by atoms with Crippen LogP contribution in [0.5, 0.6) is 0 Å². The van der Waals surface area contributed by atoms with Gasteiger partial charge in [-0.1, -0.05) is 12.1 Å². The third-order valence-electron chi connectivity index (χ3n) is 8.77. The van der Waals surface area contributed by atoms with Gasteiger partial charge in [-0.25, -0.2) is 18.6 Å². The summed E-state index contributed by atoms with van der Waals surface area (Å²) in [5, 5.41) is 2.83. The van der Waals surface area contributed by atoms with Crippen molar-refractivity contribution in [3.8, 4) is 11.5 Å². The first-order valence-electron chi connectivity index (χ1n) is 13.8. The van der Waals surface area contributed by atoms with E-state index >= 15 is 0 Å². The molecule has 8 heteroatoms. The molecule has 1 unspecified atom stereocenters. The number of hydrogen-bond donors (Lipinski definition) is 1. The van der Waals surface area contributed by atoms with Crippen LogP contribution in [0.25, 0.3) is 11.5 Å². The Bertz CT molecular complexity index is 1280. The maximum atomic E-state index is 13.8. The van der Waals surface area contributed by atoms with Crippen LogP contribution in [0.1, 0.15) is 50.5 Å². The molecule has 3 aliphatic rings. The van der Waals surface area contributed by atoms with Crippen molar-refractivity contribution >= 4 is 11.7 Å². The van der Waals surface area contributed by atoms with Crippen molar-refractivity contribution < 1.29 is 18.0 Å². The van der Waals surface area contributed by atoms with Gasteiger partial charge in [0.05, 0.1) is 6.20 Å². The largest absolute Gasteiger partial charge is 0.445 e. The fourth-order valence-corrected chi connectivity index (χ4v) is 6.67. The summed E-state index contributed by atoms with van der Waals surface area (Å²) in [4.78, 5) is 22.2. The molecule has 2 aromatic carbocycles. The average molecular weight is 521 g/mol. The summed E-state index contributed by atoms with van der Waals surface area (Å²) >= 11 is 0. The second-order valence-electron chi connectivity index (χ2n) is 11.1. The van der Waals surface area contributed by atoms with Crippen molar-refractivity contribution in [3.05, 3.63) is 72.1 Å². The van der Waals surface area contributed by atoms with E-state index in [9.17, 15) is 13.6 Å². The van der Waals surface area contributed by atoms with Gasteiger partial charge in [0.25, 0.3) is 0 Å². The van der Waals surface area contributed by atoms with E-state index in [0.717, 1.165) is 69.4 Å². The lowest BCUT2D eigenvalue weighted by Crippen LogP contribution is -2.46. The summed E-state index contributed by atoms with van der Waals surface area (Å²) in [5.74, 6) is -0.740. The Morgan fingerprint density at radius 1 is 1.16 bits per heavy atom. The number of oxazole rings is 1. The number of carbonyl (C=O) groups is 1. The smallest absolute Gasteiger partial charge is 0.322 e. The topological polar surface area (TPSA) is 61.6 Å². The predicted molar refractivity (Wildman–Crippen MR) is 142 cm³/mol. The molecule has 2 saturated carbocycles. The normalized spacial score (nSPS) is 24.7. The van der Waals surface area contributed by atoms with Crippen LogP contribution in [-0.2, 0) is 5.41 Å². The molecule has 200 valence electrons. The molecule has 3 fully saturated rings. The van der Waals surface area contributed by atoms with Crippen molar-refractivity contribution in [1.29, 1.82) is 0 Å². The van der Waals surface area contributed by atoms with E-state index in [1.165, 1.54) is 24.5 Å². The van der Waals surface area contributed by atoms with Crippen molar-refractivity contribution in [2.75, 3.05) is 31.5 Å². The van der Waals surface area contributed by atoms with Crippen LogP contribution in [-0.4, -0.2) is 53.0 Å². The number of likely N-dealkylation sites (tertiary alicyclic amines) is 1. The number of aromatic nitrogens is 1. The lowest BCUT2D eigenvalue weighted by molar-refractivity contribution is 0.156. The maximum absolute atomic E-state index is 13.8. The number of fused-ring (bicyclic) bond motifs is 1. The van der Waals surface area contributed by atoms with Crippen molar-refractivity contribution in [1.82, 2.24) is 14.8 Å². The summed E-state index contributed by atoms with van der Waals surface area (Å²) in [7, 11) is 0. The summed E-state index contributed by atoms with van der Waals surface area (Å²) < 4.78 is 32.7. The third-order valence-corrected chi connectivity index (χ3v) is 8.77. The van der Waals surface area contributed by atoms with Crippen LogP contribution < -0.4 is 5.32 Å². The van der Waals surface area contributed by atoms with E-state index in [1.54, 1.807) is 12.5 Å². The molecule has 1 aromatic heterocycles. The zero-order valence-corrected chi connectivity index (χ0v) is 21.5. The minimum atomic E-state index is -0.962. The molecular formula is C30H34F2N4O2. The zero-order chi connectivity index (χ0) is 26.1. The molecule has 2 amide bonds. The highest BCUT2D eigenvalue weighted by Crippen LogP contribution is 2.63. The van der Waals surface area contributed by atoms with Gasteiger partial charge in [0.1, 0.15) is 6.26 Å². The van der Waals surface area contributed by atoms with E-state index in [-0.39, 0.29) is 23.2 Å². The van der Waals surface area contributed by atoms with Crippen LogP contribution in [0.4, 0.5) is 19.3 Å². The van der Waals surface area contributed by atoms with Crippen LogP contribution in [0, 0.1) is 17.6 Å². The van der Waals surface area contributed by atoms with Gasteiger partial charge in [-0.2, -0.15) is 0 Å². The van der Waals surface area contributed by atoms with Crippen LogP contribution >= 0.6 is 0 Å². The Kier molecular flexibility index (Phi) is 6.91. The summed E-state index contributed by atoms with van der Waals surface area (Å²) in [6, 6.07) is 11.9. The van der Waals surface area contributed by atoms with E-state index in [0.29, 0.717) is 18.4 Å². The molecule has 1 N–H and O–H groups in total. The lowest BCUT2D eigenvalue weighted by Gasteiger charge is -2.37. The van der Waals surface area contributed by atoms with Crippen LogP contribution in [0.15, 0.2) is 59.3 Å². The van der Waals surface area contributed by atoms with E-state index in [4.69, 9.17) is 4.42 Å². The van der Waals surface area contributed by atoms with Gasteiger partial charge in [0.2, 0.25) is 5.89 Å². The van der Waals surface area contributed by atoms with E-state index in [2.05, 4.69) is 33.4 Å². The fraction of sp³-hybridized carbons (Fsp3) is 0.467. The van der Waals surface area contributed by atoms with E-state index in [1.807, 2.05) is 11.0 Å². The van der Waals surface area contributed by atoms with Crippen molar-refractivity contribution in [3.63, 3.8) is 0 Å². The number of nitrogens with zero attached hydrogens (tertiary/aromatic N) is 3. The second-order valence-corrected chi connectivity index (χ2v) is 11.1. The molecule has 3 aromatic rings. The molecule has 0 radical (unpaired) electrons. The highest BCUT2D eigenvalue weighted by molar-refractivity contribution is 5.89. The number of nitrogens with one attached hydrogen (secondary N) is 1. The van der Waals surface area contributed by atoms with Gasteiger partial charge in [0.15, 0.2) is 11.6 Å². The molecule has 1 aliphatic heterocycles. The quantitative estimate of drug-likeness (QED) is 0.371. The number of carbonyl (C=O) groups excluding carboxylic acids is 1. The Morgan fingerprint density at radius 2 is 2.03 bits per heavy atom. The van der Waals surface area contributed by atoms with Gasteiger partial charge in [-0.05, 0) is 106 Å². The fourth-order valence-electron chi connectivity index (χ4n) is 6.67. The van der Waals surface area contributed by atoms with Crippen molar-refractivity contribution in [2.24, 2.45) is 5.92 Å². The number of halogens is 2. The number of hydrogen-bond acceptors (Lipinski definition) is 4. The highest BCUT2D eigenvalue weighted by Gasteiger charge is 2.58. The molecule has 38 heavy (non-hydrogen) atoms. The molecule has 2 aliphatic carbocycles. The second kappa shape index (κ2) is 10.5. The minimum absolute atomic E-state index is 0.120. The maximum Gasteiger partial charge on any atom is 0.322 e. The van der Waals surface area contributed by atoms with Crippen molar-refractivity contribution in [2.45, 2.75) is 56.4 Å². The average Bonchev–Trinajstić information content (AvgIpc) is 3.26. The standard InChI is InChI=1S/C30H34F2N4O2/c31-26-8-7-24(19-27(26)32)34-29(37)36(15-4-14-35-12-1-2-13-35)25-9-10-30(20-23(30)18-25)22-6-3-5-21(17-22)28-33-11-16-38-28/h3,5-8,11,16-17,19,23,25H,1-2,4,9-10,12-15,18,20H2,(H,34,37)/t23?,25-,30-/m0/s1. The Hall–Kier alpha value is -3.26. The first-order chi connectivity index (χ1) is 18.5. The van der Waals surface area contributed by atoms with E-state index < -0.39 is 11.6 Å². The minimum Gasteiger partial charge on any atom is -0.445 e. The van der Waals surface area contributed by atoms with Crippen LogP contribution in [0.2, 0.25) is 0 Å². The molecule has 0 bridgehead atoms. The zero-order valence-electron chi connectivity index (χ0n) is 21.5. The van der Waals surface area contributed by atoms with Gasteiger partial charge < -0.3 is 19.5 Å². The van der Waals surface area contributed by atoms with Gasteiger partial charge in [-0.15, -0.1) is 0 Å². The van der Waals surface area contributed by atoms with Crippen LogP contribution in [0.3, 0.4) is 0 Å².